The average molecular weight is 183 g/mol. The van der Waals surface area contributed by atoms with Gasteiger partial charge in [0.15, 0.2) is 0 Å². The molecular weight excluding hydrogens is 162 g/mol. The molecule has 0 aliphatic carbocycles. The van der Waals surface area contributed by atoms with Crippen molar-refractivity contribution in [3.8, 4) is 0 Å². The van der Waals surface area contributed by atoms with Crippen molar-refractivity contribution in [2.45, 2.75) is 39.0 Å². The van der Waals surface area contributed by atoms with Crippen LogP contribution in [0.4, 0.5) is 0 Å². The summed E-state index contributed by atoms with van der Waals surface area (Å²) in [7, 11) is 0. The SMILES string of the molecule is C=CCCC(=O)CCC(C)CCN. The Morgan fingerprint density at radius 1 is 1.46 bits per heavy atom. The van der Waals surface area contributed by atoms with Crippen LogP contribution in [0.3, 0.4) is 0 Å². The Balaban J connectivity index is 3.39. The van der Waals surface area contributed by atoms with E-state index in [1.807, 2.05) is 0 Å². The van der Waals surface area contributed by atoms with Crippen molar-refractivity contribution in [2.75, 3.05) is 6.54 Å². The molecule has 0 fully saturated rings. The van der Waals surface area contributed by atoms with E-state index in [-0.39, 0.29) is 0 Å². The summed E-state index contributed by atoms with van der Waals surface area (Å²) in [5.74, 6) is 0.932. The number of carbonyl (C=O) groups is 1. The lowest BCUT2D eigenvalue weighted by Crippen LogP contribution is -2.07. The number of nitrogens with two attached hydrogens (primary N) is 1. The largest absolute Gasteiger partial charge is 0.330 e. The number of carbonyl (C=O) groups excluding carboxylic acids is 1. The number of hydrogen-bond donors (Lipinski definition) is 1. The maximum Gasteiger partial charge on any atom is 0.133 e. The summed E-state index contributed by atoms with van der Waals surface area (Å²) in [6, 6.07) is 0. The first-order chi connectivity index (χ1) is 6.20. The van der Waals surface area contributed by atoms with Crippen LogP contribution in [0.15, 0.2) is 12.7 Å². The van der Waals surface area contributed by atoms with Gasteiger partial charge in [-0.15, -0.1) is 6.58 Å². The topological polar surface area (TPSA) is 43.1 Å². The van der Waals surface area contributed by atoms with Crippen LogP contribution in [0.2, 0.25) is 0 Å². The summed E-state index contributed by atoms with van der Waals surface area (Å²) in [6.07, 6.45) is 5.96. The number of allylic oxidation sites excluding steroid dienone is 1. The third-order valence-corrected chi connectivity index (χ3v) is 2.20. The first-order valence-corrected chi connectivity index (χ1v) is 5.03. The highest BCUT2D eigenvalue weighted by atomic mass is 16.1. The third kappa shape index (κ3) is 7.72. The van der Waals surface area contributed by atoms with Crippen LogP contribution in [0, 0.1) is 5.92 Å². The maximum atomic E-state index is 11.2. The molecule has 1 atom stereocenters. The molecular formula is C11H21NO. The van der Waals surface area contributed by atoms with Gasteiger partial charge in [-0.25, -0.2) is 0 Å². The Hall–Kier alpha value is -0.630. The highest BCUT2D eigenvalue weighted by molar-refractivity contribution is 5.78. The predicted molar refractivity (Wildman–Crippen MR) is 56.5 cm³/mol. The van der Waals surface area contributed by atoms with E-state index in [1.54, 1.807) is 6.08 Å². The van der Waals surface area contributed by atoms with Crippen LogP contribution in [0.5, 0.6) is 0 Å². The van der Waals surface area contributed by atoms with E-state index in [1.165, 1.54) is 0 Å². The van der Waals surface area contributed by atoms with Gasteiger partial charge < -0.3 is 5.73 Å². The molecule has 0 aromatic rings. The summed E-state index contributed by atoms with van der Waals surface area (Å²) < 4.78 is 0. The van der Waals surface area contributed by atoms with Gasteiger partial charge in [0.05, 0.1) is 0 Å². The molecule has 0 aromatic carbocycles. The molecule has 0 bridgehead atoms. The van der Waals surface area contributed by atoms with Crippen molar-refractivity contribution in [2.24, 2.45) is 11.7 Å². The van der Waals surface area contributed by atoms with Gasteiger partial charge in [-0.2, -0.15) is 0 Å². The second-order valence-corrected chi connectivity index (χ2v) is 3.59. The Labute approximate surface area is 81.2 Å². The zero-order chi connectivity index (χ0) is 10.1. The Morgan fingerprint density at radius 3 is 2.69 bits per heavy atom. The molecule has 0 spiro atoms. The monoisotopic (exact) mass is 183 g/mol. The fourth-order valence-electron chi connectivity index (χ4n) is 1.22. The molecule has 0 radical (unpaired) electrons. The number of hydrogen-bond acceptors (Lipinski definition) is 2. The zero-order valence-corrected chi connectivity index (χ0v) is 8.59. The van der Waals surface area contributed by atoms with E-state index < -0.39 is 0 Å². The average Bonchev–Trinajstić information content (AvgIpc) is 2.12. The Kier molecular flexibility index (Phi) is 7.60. The normalized spacial score (nSPS) is 12.5. The fourth-order valence-corrected chi connectivity index (χ4v) is 1.22. The van der Waals surface area contributed by atoms with Crippen molar-refractivity contribution < 1.29 is 4.79 Å². The summed E-state index contributed by atoms with van der Waals surface area (Å²) in [6.45, 7) is 6.46. The minimum Gasteiger partial charge on any atom is -0.330 e. The number of rotatable bonds is 8. The molecule has 0 aliphatic heterocycles. The smallest absolute Gasteiger partial charge is 0.133 e. The van der Waals surface area contributed by atoms with Crippen molar-refractivity contribution in [1.82, 2.24) is 0 Å². The summed E-state index contributed by atoms with van der Waals surface area (Å²) in [4.78, 5) is 11.2. The standard InChI is InChI=1S/C11H21NO/c1-3-4-5-11(13)7-6-10(2)8-9-12/h3,10H,1,4-9,12H2,2H3. The third-order valence-electron chi connectivity index (χ3n) is 2.20. The molecule has 0 amide bonds. The van der Waals surface area contributed by atoms with Crippen LogP contribution in [0.1, 0.15) is 39.0 Å². The molecule has 0 aliphatic rings. The van der Waals surface area contributed by atoms with Gasteiger partial charge in [-0.05, 0) is 31.7 Å². The highest BCUT2D eigenvalue weighted by Gasteiger charge is 2.05. The van der Waals surface area contributed by atoms with Crippen LogP contribution < -0.4 is 5.73 Å². The molecule has 13 heavy (non-hydrogen) atoms. The van der Waals surface area contributed by atoms with Gasteiger partial charge in [0.2, 0.25) is 0 Å². The zero-order valence-electron chi connectivity index (χ0n) is 8.59. The van der Waals surface area contributed by atoms with Gasteiger partial charge in [0.1, 0.15) is 5.78 Å². The number of ketones is 1. The molecule has 2 nitrogen and oxygen atoms in total. The fraction of sp³-hybridized carbons (Fsp3) is 0.727. The molecule has 0 saturated carbocycles. The molecule has 0 rings (SSSR count). The summed E-state index contributed by atoms with van der Waals surface area (Å²) in [5, 5.41) is 0. The van der Waals surface area contributed by atoms with E-state index in [4.69, 9.17) is 5.73 Å². The van der Waals surface area contributed by atoms with E-state index in [0.717, 1.165) is 25.8 Å². The van der Waals surface area contributed by atoms with Crippen LogP contribution in [-0.2, 0) is 4.79 Å². The predicted octanol–water partition coefficient (Wildman–Crippen LogP) is 2.29. The highest BCUT2D eigenvalue weighted by Crippen LogP contribution is 2.10. The second kappa shape index (κ2) is 7.99. The van der Waals surface area contributed by atoms with Gasteiger partial charge in [0.25, 0.3) is 0 Å². The lowest BCUT2D eigenvalue weighted by Gasteiger charge is -2.08. The molecule has 2 N–H and O–H groups in total. The van der Waals surface area contributed by atoms with Gasteiger partial charge in [0, 0.05) is 12.8 Å². The first-order valence-electron chi connectivity index (χ1n) is 5.03. The molecule has 0 saturated heterocycles. The van der Waals surface area contributed by atoms with Crippen LogP contribution >= 0.6 is 0 Å². The quantitative estimate of drug-likeness (QED) is 0.587. The van der Waals surface area contributed by atoms with Gasteiger partial charge in [-0.3, -0.25) is 4.79 Å². The molecule has 0 aromatic heterocycles. The number of Topliss-reactive ketones (excluding diaryl/α,β-unsaturated/α-hetero) is 1. The van der Waals surface area contributed by atoms with E-state index in [9.17, 15) is 4.79 Å². The lowest BCUT2D eigenvalue weighted by molar-refractivity contribution is -0.119. The van der Waals surface area contributed by atoms with Crippen LogP contribution in [-0.4, -0.2) is 12.3 Å². The minimum atomic E-state index is 0.351. The summed E-state index contributed by atoms with van der Waals surface area (Å²) >= 11 is 0. The van der Waals surface area contributed by atoms with Crippen molar-refractivity contribution >= 4 is 5.78 Å². The minimum absolute atomic E-state index is 0.351. The second-order valence-electron chi connectivity index (χ2n) is 3.59. The summed E-state index contributed by atoms with van der Waals surface area (Å²) in [5.41, 5.74) is 5.42. The molecule has 76 valence electrons. The first kappa shape index (κ1) is 12.4. The Bertz CT molecular complexity index is 154. The lowest BCUT2D eigenvalue weighted by atomic mass is 9.99. The maximum absolute atomic E-state index is 11.2. The van der Waals surface area contributed by atoms with E-state index in [2.05, 4.69) is 13.5 Å². The molecule has 1 unspecified atom stereocenters. The van der Waals surface area contributed by atoms with Crippen LogP contribution in [0.25, 0.3) is 0 Å². The van der Waals surface area contributed by atoms with Crippen molar-refractivity contribution in [1.29, 1.82) is 0 Å². The van der Waals surface area contributed by atoms with Crippen molar-refractivity contribution in [3.05, 3.63) is 12.7 Å². The molecule has 0 heterocycles. The Morgan fingerprint density at radius 2 is 2.15 bits per heavy atom. The van der Waals surface area contributed by atoms with Gasteiger partial charge in [-0.1, -0.05) is 13.0 Å². The molecule has 2 heteroatoms. The van der Waals surface area contributed by atoms with Crippen molar-refractivity contribution in [3.63, 3.8) is 0 Å². The van der Waals surface area contributed by atoms with E-state index in [0.29, 0.717) is 24.5 Å². The van der Waals surface area contributed by atoms with E-state index >= 15 is 0 Å². The van der Waals surface area contributed by atoms with Gasteiger partial charge >= 0.3 is 0 Å².